The number of piperidine rings is 1. The molecule has 162 valence electrons. The smallest absolute Gasteiger partial charge is 0.0577 e. The van der Waals surface area contributed by atoms with E-state index in [2.05, 4.69) is 38.7 Å². The summed E-state index contributed by atoms with van der Waals surface area (Å²) in [7, 11) is 0. The minimum Gasteiger partial charge on any atom is -0.393 e. The Morgan fingerprint density at radius 2 is 1.83 bits per heavy atom. The summed E-state index contributed by atoms with van der Waals surface area (Å²) < 4.78 is 0. The molecule has 2 heteroatoms. The molecule has 29 heavy (non-hydrogen) atoms. The second-order valence-corrected chi connectivity index (χ2v) is 12.8. The van der Waals surface area contributed by atoms with Gasteiger partial charge in [-0.2, -0.15) is 0 Å². The van der Waals surface area contributed by atoms with Crippen LogP contribution in [0.3, 0.4) is 0 Å². The first-order valence-electron chi connectivity index (χ1n) is 13.0. The van der Waals surface area contributed by atoms with Gasteiger partial charge in [-0.05, 0) is 104 Å². The quantitative estimate of drug-likeness (QED) is 0.534. The molecule has 2 heterocycles. The third-order valence-electron chi connectivity index (χ3n) is 11.7. The first-order valence-corrected chi connectivity index (χ1v) is 13.0. The normalized spacial score (nSPS) is 59.2. The number of aliphatic hydroxyl groups is 1. The van der Waals surface area contributed by atoms with E-state index in [1.54, 1.807) is 5.57 Å². The summed E-state index contributed by atoms with van der Waals surface area (Å²) in [6.07, 6.45) is 14.3. The van der Waals surface area contributed by atoms with Gasteiger partial charge in [-0.15, -0.1) is 0 Å². The average Bonchev–Trinajstić information content (AvgIpc) is 3.15. The molecule has 2 nitrogen and oxygen atoms in total. The van der Waals surface area contributed by atoms with Crippen molar-refractivity contribution in [3.05, 3.63) is 11.6 Å². The molecule has 4 aliphatic carbocycles. The molecule has 0 radical (unpaired) electrons. The fourth-order valence-electron chi connectivity index (χ4n) is 10.4. The fraction of sp³-hybridized carbons (Fsp3) is 0.926. The molecular formula is C27H43NO. The zero-order chi connectivity index (χ0) is 20.1. The lowest BCUT2D eigenvalue weighted by molar-refractivity contribution is -0.0574. The van der Waals surface area contributed by atoms with Gasteiger partial charge in [-0.25, -0.2) is 0 Å². The Hall–Kier alpha value is -0.340. The monoisotopic (exact) mass is 397 g/mol. The van der Waals surface area contributed by atoms with Crippen LogP contribution in [0.2, 0.25) is 0 Å². The largest absolute Gasteiger partial charge is 0.393 e. The van der Waals surface area contributed by atoms with E-state index in [1.807, 2.05) is 0 Å². The van der Waals surface area contributed by atoms with E-state index in [0.717, 1.165) is 60.4 Å². The van der Waals surface area contributed by atoms with Gasteiger partial charge < -0.3 is 5.11 Å². The summed E-state index contributed by atoms with van der Waals surface area (Å²) in [6, 6.07) is 1.75. The van der Waals surface area contributed by atoms with E-state index in [-0.39, 0.29) is 6.10 Å². The second-order valence-electron chi connectivity index (χ2n) is 12.8. The van der Waals surface area contributed by atoms with Gasteiger partial charge >= 0.3 is 0 Å². The van der Waals surface area contributed by atoms with Gasteiger partial charge in [-0.3, -0.25) is 4.90 Å². The highest BCUT2D eigenvalue weighted by Gasteiger charge is 2.66. The van der Waals surface area contributed by atoms with E-state index < -0.39 is 0 Å². The first kappa shape index (κ1) is 19.4. The van der Waals surface area contributed by atoms with E-state index in [0.29, 0.717) is 10.8 Å². The van der Waals surface area contributed by atoms with Crippen LogP contribution in [0.25, 0.3) is 0 Å². The number of fused-ring (bicyclic) bond motifs is 9. The van der Waals surface area contributed by atoms with Crippen molar-refractivity contribution in [3.8, 4) is 0 Å². The minimum atomic E-state index is -0.0792. The van der Waals surface area contributed by atoms with Crippen LogP contribution in [-0.2, 0) is 0 Å². The number of nitrogens with zero attached hydrogens (tertiary/aromatic N) is 1. The third kappa shape index (κ3) is 2.48. The summed E-state index contributed by atoms with van der Waals surface area (Å²) in [4.78, 5) is 3.02. The van der Waals surface area contributed by atoms with Crippen molar-refractivity contribution in [3.63, 3.8) is 0 Å². The summed E-state index contributed by atoms with van der Waals surface area (Å²) in [6.45, 7) is 11.8. The summed E-state index contributed by atoms with van der Waals surface area (Å²) >= 11 is 0. The van der Waals surface area contributed by atoms with Crippen LogP contribution in [0.1, 0.15) is 85.5 Å². The van der Waals surface area contributed by atoms with Crippen molar-refractivity contribution in [1.82, 2.24) is 4.90 Å². The molecule has 1 N–H and O–H groups in total. The topological polar surface area (TPSA) is 23.5 Å². The molecule has 0 aromatic rings. The fourth-order valence-corrected chi connectivity index (χ4v) is 10.4. The minimum absolute atomic E-state index is 0.0792. The molecule has 0 amide bonds. The van der Waals surface area contributed by atoms with Gasteiger partial charge in [0.1, 0.15) is 0 Å². The number of allylic oxidation sites excluding steroid dienone is 1. The van der Waals surface area contributed by atoms with Gasteiger partial charge in [0.25, 0.3) is 0 Å². The molecule has 6 aliphatic rings. The molecule has 0 bridgehead atoms. The molecular weight excluding hydrogens is 354 g/mol. The lowest BCUT2D eigenvalue weighted by atomic mass is 9.47. The highest BCUT2D eigenvalue weighted by Crippen LogP contribution is 2.69. The summed E-state index contributed by atoms with van der Waals surface area (Å²) in [5.74, 6) is 5.44. The molecule has 0 aromatic heterocycles. The van der Waals surface area contributed by atoms with Crippen LogP contribution in [0.15, 0.2) is 11.6 Å². The Morgan fingerprint density at radius 1 is 1.00 bits per heavy atom. The van der Waals surface area contributed by atoms with Crippen molar-refractivity contribution >= 4 is 0 Å². The lowest BCUT2D eigenvalue weighted by Gasteiger charge is -2.58. The number of aliphatic hydroxyl groups excluding tert-OH is 1. The Kier molecular flexibility index (Phi) is 4.23. The number of rotatable bonds is 0. The Bertz CT molecular complexity index is 715. The van der Waals surface area contributed by atoms with Crippen LogP contribution < -0.4 is 0 Å². The molecule has 6 rings (SSSR count). The van der Waals surface area contributed by atoms with Gasteiger partial charge in [0, 0.05) is 18.6 Å². The average molecular weight is 398 g/mol. The zero-order valence-electron chi connectivity index (χ0n) is 19.2. The molecule has 3 saturated carbocycles. The lowest BCUT2D eigenvalue weighted by Crippen LogP contribution is -2.51. The standard InChI is InChI=1S/C27H43NO/c1-16-5-8-23-17(2)25-24(28(23)15-16)14-22-20-7-6-18-13-19(29)9-11-26(18,3)21(20)10-12-27(22,25)4/h6,16-17,19-25,29H,5,7-15H2,1-4H3/t16-,17+,19?,20+,21-,22-,23+,24-,25-,26-,27-/m0/s1. The Morgan fingerprint density at radius 3 is 2.66 bits per heavy atom. The molecule has 0 aromatic carbocycles. The van der Waals surface area contributed by atoms with Gasteiger partial charge in [0.2, 0.25) is 0 Å². The highest BCUT2D eigenvalue weighted by molar-refractivity contribution is 5.26. The van der Waals surface area contributed by atoms with Gasteiger partial charge in [-0.1, -0.05) is 39.3 Å². The first-order chi connectivity index (χ1) is 13.8. The maximum atomic E-state index is 10.3. The molecule has 11 atom stereocenters. The number of hydrogen-bond acceptors (Lipinski definition) is 2. The SMILES string of the molecule is C[C@H]1CC[C@@H]2[C@@H](C)[C@H]3[C@H](C[C@H]4[C@@H]5CC=C6CC(O)CC[C@]6(C)[C@H]5CC[C@]34C)N2C1. The van der Waals surface area contributed by atoms with Crippen LogP contribution in [0.4, 0.5) is 0 Å². The molecule has 0 spiro atoms. The van der Waals surface area contributed by atoms with Crippen molar-refractivity contribution in [1.29, 1.82) is 0 Å². The van der Waals surface area contributed by atoms with E-state index in [9.17, 15) is 5.11 Å². The van der Waals surface area contributed by atoms with Gasteiger partial charge in [0.15, 0.2) is 0 Å². The molecule has 1 unspecified atom stereocenters. The van der Waals surface area contributed by atoms with E-state index >= 15 is 0 Å². The predicted octanol–water partition coefficient (Wildman–Crippen LogP) is 5.66. The van der Waals surface area contributed by atoms with E-state index in [4.69, 9.17) is 0 Å². The molecule has 2 aliphatic heterocycles. The Labute approximate surface area is 178 Å². The molecule has 2 saturated heterocycles. The predicted molar refractivity (Wildman–Crippen MR) is 118 cm³/mol. The van der Waals surface area contributed by atoms with Crippen molar-refractivity contribution in [2.45, 2.75) is 104 Å². The maximum Gasteiger partial charge on any atom is 0.0577 e. The maximum absolute atomic E-state index is 10.3. The Balaban J connectivity index is 1.33. The summed E-state index contributed by atoms with van der Waals surface area (Å²) in [5.41, 5.74) is 2.58. The van der Waals surface area contributed by atoms with Crippen molar-refractivity contribution < 1.29 is 5.11 Å². The molecule has 5 fully saturated rings. The highest BCUT2D eigenvalue weighted by atomic mass is 16.3. The van der Waals surface area contributed by atoms with Crippen molar-refractivity contribution in [2.24, 2.45) is 46.3 Å². The second kappa shape index (κ2) is 6.35. The van der Waals surface area contributed by atoms with Crippen LogP contribution in [0, 0.1) is 46.3 Å². The van der Waals surface area contributed by atoms with Crippen molar-refractivity contribution in [2.75, 3.05) is 6.54 Å². The van der Waals surface area contributed by atoms with Crippen LogP contribution >= 0.6 is 0 Å². The summed E-state index contributed by atoms with van der Waals surface area (Å²) in [5, 5.41) is 10.3. The van der Waals surface area contributed by atoms with Gasteiger partial charge in [0.05, 0.1) is 6.10 Å². The third-order valence-corrected chi connectivity index (χ3v) is 11.7. The van der Waals surface area contributed by atoms with Crippen LogP contribution in [0.5, 0.6) is 0 Å². The number of hydrogen-bond donors (Lipinski definition) is 1. The van der Waals surface area contributed by atoms with Crippen LogP contribution in [-0.4, -0.2) is 34.7 Å². The van der Waals surface area contributed by atoms with E-state index in [1.165, 1.54) is 51.5 Å². The zero-order valence-corrected chi connectivity index (χ0v) is 19.2.